The number of rotatable bonds is 3. The highest BCUT2D eigenvalue weighted by molar-refractivity contribution is 5.95. The van der Waals surface area contributed by atoms with Gasteiger partial charge in [0.1, 0.15) is 5.82 Å². The van der Waals surface area contributed by atoms with Gasteiger partial charge >= 0.3 is 0 Å². The van der Waals surface area contributed by atoms with E-state index in [-0.39, 0.29) is 11.6 Å². The number of carbonyl (C=O) groups is 1. The van der Waals surface area contributed by atoms with Gasteiger partial charge in [0.15, 0.2) is 0 Å². The van der Waals surface area contributed by atoms with Gasteiger partial charge in [-0.05, 0) is 18.2 Å². The summed E-state index contributed by atoms with van der Waals surface area (Å²) in [6.45, 7) is 0.395. The van der Waals surface area contributed by atoms with E-state index in [0.29, 0.717) is 18.5 Å². The summed E-state index contributed by atoms with van der Waals surface area (Å²) in [7, 11) is 0. The molecule has 0 atom stereocenters. The fourth-order valence-electron chi connectivity index (χ4n) is 1.04. The molecule has 0 saturated heterocycles. The van der Waals surface area contributed by atoms with Crippen LogP contribution in [0.3, 0.4) is 0 Å². The van der Waals surface area contributed by atoms with Crippen LogP contribution in [0, 0.1) is 18.2 Å². The minimum absolute atomic E-state index is 0.0420. The van der Waals surface area contributed by atoms with Crippen LogP contribution >= 0.6 is 0 Å². The molecular weight excluding hydrogens is 195 g/mol. The van der Waals surface area contributed by atoms with Gasteiger partial charge in [0.25, 0.3) is 5.91 Å². The predicted octanol–water partition coefficient (Wildman–Crippen LogP) is 1.16. The zero-order valence-electron chi connectivity index (χ0n) is 8.09. The van der Waals surface area contributed by atoms with E-state index in [9.17, 15) is 9.18 Å². The van der Waals surface area contributed by atoms with Crippen molar-refractivity contribution in [3.63, 3.8) is 0 Å². The Bertz CT molecular complexity index is 410. The summed E-state index contributed by atoms with van der Waals surface area (Å²) in [5.41, 5.74) is 5.61. The van der Waals surface area contributed by atoms with E-state index < -0.39 is 5.82 Å². The number of carbonyl (C=O) groups excluding carboxylic acids is 1. The highest BCUT2D eigenvalue weighted by atomic mass is 19.1. The normalized spacial score (nSPS) is 9.33. The molecule has 0 aliphatic heterocycles. The number of benzene rings is 1. The van der Waals surface area contributed by atoms with E-state index in [4.69, 9.17) is 12.2 Å². The molecule has 0 unspecified atom stereocenters. The van der Waals surface area contributed by atoms with Crippen molar-refractivity contribution < 1.29 is 9.18 Å². The fourth-order valence-corrected chi connectivity index (χ4v) is 1.04. The highest BCUT2D eigenvalue weighted by Crippen LogP contribution is 2.11. The lowest BCUT2D eigenvalue weighted by Gasteiger charge is -2.04. The molecule has 0 bridgehead atoms. The maximum absolute atomic E-state index is 12.8. The molecule has 78 valence electrons. The molecule has 1 amide bonds. The van der Waals surface area contributed by atoms with Crippen LogP contribution in [0.1, 0.15) is 16.8 Å². The second-order valence-electron chi connectivity index (χ2n) is 2.95. The SMILES string of the molecule is C#CCCNC(=O)c1ccc(F)c(N)c1. The Morgan fingerprint density at radius 3 is 2.93 bits per heavy atom. The van der Waals surface area contributed by atoms with Crippen molar-refractivity contribution in [2.75, 3.05) is 12.3 Å². The van der Waals surface area contributed by atoms with Crippen molar-refractivity contribution in [2.24, 2.45) is 0 Å². The van der Waals surface area contributed by atoms with Crippen LogP contribution in [0.25, 0.3) is 0 Å². The Morgan fingerprint density at radius 2 is 2.33 bits per heavy atom. The molecule has 0 aromatic heterocycles. The minimum atomic E-state index is -0.532. The van der Waals surface area contributed by atoms with E-state index >= 15 is 0 Å². The third-order valence-corrected chi connectivity index (χ3v) is 1.81. The topological polar surface area (TPSA) is 55.1 Å². The van der Waals surface area contributed by atoms with Crippen LogP contribution in [0.2, 0.25) is 0 Å². The zero-order valence-corrected chi connectivity index (χ0v) is 8.09. The van der Waals surface area contributed by atoms with Gasteiger partial charge in [-0.2, -0.15) is 0 Å². The number of halogens is 1. The van der Waals surface area contributed by atoms with Crippen LogP contribution in [0.5, 0.6) is 0 Å². The summed E-state index contributed by atoms with van der Waals surface area (Å²) in [5.74, 6) is 1.55. The molecule has 0 aliphatic carbocycles. The number of anilines is 1. The first-order valence-corrected chi connectivity index (χ1v) is 4.42. The molecule has 0 spiro atoms. The molecule has 4 heteroatoms. The fraction of sp³-hybridized carbons (Fsp3) is 0.182. The molecular formula is C11H11FN2O. The van der Waals surface area contributed by atoms with Gasteiger partial charge in [0.2, 0.25) is 0 Å². The smallest absolute Gasteiger partial charge is 0.251 e. The molecule has 3 N–H and O–H groups in total. The largest absolute Gasteiger partial charge is 0.396 e. The molecule has 1 rings (SSSR count). The zero-order chi connectivity index (χ0) is 11.3. The molecule has 0 fully saturated rings. The van der Waals surface area contributed by atoms with E-state index in [0.717, 1.165) is 6.07 Å². The van der Waals surface area contributed by atoms with Crippen molar-refractivity contribution in [1.29, 1.82) is 0 Å². The van der Waals surface area contributed by atoms with Gasteiger partial charge in [-0.15, -0.1) is 12.3 Å². The van der Waals surface area contributed by atoms with Gasteiger partial charge in [0, 0.05) is 18.5 Å². The minimum Gasteiger partial charge on any atom is -0.396 e. The van der Waals surface area contributed by atoms with Crippen LogP contribution in [0.4, 0.5) is 10.1 Å². The number of hydrogen-bond donors (Lipinski definition) is 2. The first-order chi connectivity index (χ1) is 7.15. The first-order valence-electron chi connectivity index (χ1n) is 4.42. The van der Waals surface area contributed by atoms with Crippen molar-refractivity contribution in [3.05, 3.63) is 29.6 Å². The molecule has 1 aromatic carbocycles. The molecule has 0 saturated carbocycles. The first kappa shape index (κ1) is 11.1. The average molecular weight is 206 g/mol. The number of nitrogens with one attached hydrogen (secondary N) is 1. The number of amides is 1. The van der Waals surface area contributed by atoms with E-state index in [1.165, 1.54) is 12.1 Å². The molecule has 0 aliphatic rings. The molecule has 0 heterocycles. The second kappa shape index (κ2) is 5.01. The Labute approximate surface area is 87.5 Å². The predicted molar refractivity (Wildman–Crippen MR) is 56.6 cm³/mol. The Balaban J connectivity index is 2.67. The van der Waals surface area contributed by atoms with Crippen LogP contribution in [-0.4, -0.2) is 12.5 Å². The monoisotopic (exact) mass is 206 g/mol. The van der Waals surface area contributed by atoms with E-state index in [2.05, 4.69) is 11.2 Å². The summed E-state index contributed by atoms with van der Waals surface area (Å²) in [4.78, 5) is 11.4. The summed E-state index contributed by atoms with van der Waals surface area (Å²) >= 11 is 0. The maximum atomic E-state index is 12.8. The van der Waals surface area contributed by atoms with Crippen molar-refractivity contribution in [2.45, 2.75) is 6.42 Å². The van der Waals surface area contributed by atoms with E-state index in [1.54, 1.807) is 0 Å². The Hall–Kier alpha value is -2.02. The summed E-state index contributed by atoms with van der Waals surface area (Å²) in [6.07, 6.45) is 5.49. The lowest BCUT2D eigenvalue weighted by atomic mass is 10.2. The molecule has 0 radical (unpaired) electrons. The summed E-state index contributed by atoms with van der Waals surface area (Å²) < 4.78 is 12.8. The number of nitrogen functional groups attached to an aromatic ring is 1. The summed E-state index contributed by atoms with van der Waals surface area (Å²) in [6, 6.07) is 3.82. The van der Waals surface area contributed by atoms with Crippen LogP contribution in [-0.2, 0) is 0 Å². The molecule has 1 aromatic rings. The Kier molecular flexibility index (Phi) is 3.69. The number of nitrogens with two attached hydrogens (primary N) is 1. The maximum Gasteiger partial charge on any atom is 0.251 e. The third kappa shape index (κ3) is 2.99. The van der Waals surface area contributed by atoms with Gasteiger partial charge in [-0.3, -0.25) is 4.79 Å². The average Bonchev–Trinajstić information content (AvgIpc) is 2.22. The Morgan fingerprint density at radius 1 is 1.60 bits per heavy atom. The standard InChI is InChI=1S/C11H11FN2O/c1-2-3-6-14-11(15)8-4-5-9(12)10(13)7-8/h1,4-5,7H,3,6,13H2,(H,14,15). The van der Waals surface area contributed by atoms with Crippen LogP contribution < -0.4 is 11.1 Å². The number of terminal acetylenes is 1. The molecule has 3 nitrogen and oxygen atoms in total. The molecule has 15 heavy (non-hydrogen) atoms. The van der Waals surface area contributed by atoms with Crippen LogP contribution in [0.15, 0.2) is 18.2 Å². The van der Waals surface area contributed by atoms with Crippen molar-refractivity contribution >= 4 is 11.6 Å². The van der Waals surface area contributed by atoms with Gasteiger partial charge in [0.05, 0.1) is 5.69 Å². The lowest BCUT2D eigenvalue weighted by Crippen LogP contribution is -2.24. The number of hydrogen-bond acceptors (Lipinski definition) is 2. The second-order valence-corrected chi connectivity index (χ2v) is 2.95. The quantitative estimate of drug-likeness (QED) is 0.443. The van der Waals surface area contributed by atoms with E-state index in [1.807, 2.05) is 0 Å². The van der Waals surface area contributed by atoms with Gasteiger partial charge in [-0.1, -0.05) is 0 Å². The van der Waals surface area contributed by atoms with Gasteiger partial charge < -0.3 is 11.1 Å². The van der Waals surface area contributed by atoms with Gasteiger partial charge in [-0.25, -0.2) is 4.39 Å². The lowest BCUT2D eigenvalue weighted by molar-refractivity contribution is 0.0954. The van der Waals surface area contributed by atoms with Crippen molar-refractivity contribution in [3.8, 4) is 12.3 Å². The third-order valence-electron chi connectivity index (χ3n) is 1.81. The van der Waals surface area contributed by atoms with Crippen molar-refractivity contribution in [1.82, 2.24) is 5.32 Å². The highest BCUT2D eigenvalue weighted by Gasteiger charge is 2.06. The summed E-state index contributed by atoms with van der Waals surface area (Å²) in [5, 5.41) is 2.59.